The Balaban J connectivity index is 4.20. The van der Waals surface area contributed by atoms with E-state index in [1.807, 2.05) is 34.6 Å². The standard InChI is InChI=1S/C10H21NO/c1-7-10(5,6)11-8(12)9(2,3)4/h7H2,1-6H3,(H,11,12). The molecule has 0 bridgehead atoms. The number of amides is 1. The third-order valence-electron chi connectivity index (χ3n) is 2.02. The van der Waals surface area contributed by atoms with Crippen LogP contribution in [0.2, 0.25) is 0 Å². The Hall–Kier alpha value is -0.530. The Morgan fingerprint density at radius 2 is 1.58 bits per heavy atom. The molecule has 0 saturated heterocycles. The SMILES string of the molecule is CCC(C)(C)NC(=O)C(C)(C)C. The summed E-state index contributed by atoms with van der Waals surface area (Å²) < 4.78 is 0. The molecule has 0 fully saturated rings. The molecule has 0 aromatic rings. The van der Waals surface area contributed by atoms with E-state index in [4.69, 9.17) is 0 Å². The van der Waals surface area contributed by atoms with Gasteiger partial charge in [0.05, 0.1) is 0 Å². The first-order valence-electron chi connectivity index (χ1n) is 4.51. The minimum atomic E-state index is -0.285. The number of hydrogen-bond donors (Lipinski definition) is 1. The normalized spacial score (nSPS) is 12.8. The smallest absolute Gasteiger partial charge is 0.225 e. The second-order valence-corrected chi connectivity index (χ2v) is 4.94. The fourth-order valence-electron chi connectivity index (χ4n) is 0.583. The zero-order valence-corrected chi connectivity index (χ0v) is 9.12. The summed E-state index contributed by atoms with van der Waals surface area (Å²) >= 11 is 0. The van der Waals surface area contributed by atoms with Gasteiger partial charge in [0.2, 0.25) is 5.91 Å². The van der Waals surface area contributed by atoms with E-state index < -0.39 is 0 Å². The molecule has 2 nitrogen and oxygen atoms in total. The number of hydrogen-bond acceptors (Lipinski definition) is 1. The van der Waals surface area contributed by atoms with Crippen LogP contribution in [0.3, 0.4) is 0 Å². The molecule has 0 aliphatic carbocycles. The largest absolute Gasteiger partial charge is 0.351 e. The van der Waals surface area contributed by atoms with Crippen molar-refractivity contribution in [2.24, 2.45) is 5.41 Å². The van der Waals surface area contributed by atoms with E-state index in [-0.39, 0.29) is 16.9 Å². The summed E-state index contributed by atoms with van der Waals surface area (Å²) in [4.78, 5) is 11.5. The average molecular weight is 171 g/mol. The van der Waals surface area contributed by atoms with Crippen LogP contribution in [0.1, 0.15) is 48.0 Å². The van der Waals surface area contributed by atoms with E-state index in [1.54, 1.807) is 0 Å². The topological polar surface area (TPSA) is 29.1 Å². The average Bonchev–Trinajstić information content (AvgIpc) is 1.85. The lowest BCUT2D eigenvalue weighted by Gasteiger charge is -2.29. The van der Waals surface area contributed by atoms with Crippen LogP contribution in [0.15, 0.2) is 0 Å². The first-order chi connectivity index (χ1) is 5.19. The van der Waals surface area contributed by atoms with Gasteiger partial charge in [-0.3, -0.25) is 4.79 Å². The Labute approximate surface area is 75.7 Å². The van der Waals surface area contributed by atoms with Crippen LogP contribution in [0, 0.1) is 5.41 Å². The molecule has 0 unspecified atom stereocenters. The minimum Gasteiger partial charge on any atom is -0.351 e. The molecule has 0 aliphatic rings. The number of carbonyl (C=O) groups is 1. The summed E-state index contributed by atoms with van der Waals surface area (Å²) in [6.45, 7) is 11.9. The lowest BCUT2D eigenvalue weighted by atomic mass is 9.92. The van der Waals surface area contributed by atoms with Gasteiger partial charge in [0.1, 0.15) is 0 Å². The molecule has 0 atom stereocenters. The molecule has 0 saturated carbocycles. The van der Waals surface area contributed by atoms with E-state index in [2.05, 4.69) is 12.2 Å². The molecule has 0 heterocycles. The van der Waals surface area contributed by atoms with E-state index in [1.165, 1.54) is 0 Å². The predicted octanol–water partition coefficient (Wildman–Crippen LogP) is 2.34. The number of carbonyl (C=O) groups excluding carboxylic acids is 1. The minimum absolute atomic E-state index is 0.0790. The van der Waals surface area contributed by atoms with Crippen molar-refractivity contribution in [1.82, 2.24) is 5.32 Å². The van der Waals surface area contributed by atoms with Crippen LogP contribution >= 0.6 is 0 Å². The molecule has 12 heavy (non-hydrogen) atoms. The zero-order chi connectivity index (χ0) is 9.99. The van der Waals surface area contributed by atoms with Gasteiger partial charge >= 0.3 is 0 Å². The van der Waals surface area contributed by atoms with E-state index in [9.17, 15) is 4.79 Å². The monoisotopic (exact) mass is 171 g/mol. The maximum atomic E-state index is 11.5. The molecule has 0 aliphatic heterocycles. The second kappa shape index (κ2) is 3.46. The first kappa shape index (κ1) is 11.5. The van der Waals surface area contributed by atoms with E-state index in [0.29, 0.717) is 0 Å². The van der Waals surface area contributed by atoms with Crippen LogP contribution in [0.25, 0.3) is 0 Å². The maximum absolute atomic E-state index is 11.5. The Bertz CT molecular complexity index is 165. The first-order valence-corrected chi connectivity index (χ1v) is 4.51. The van der Waals surface area contributed by atoms with Gasteiger partial charge in [-0.05, 0) is 20.3 Å². The van der Waals surface area contributed by atoms with Gasteiger partial charge < -0.3 is 5.32 Å². The summed E-state index contributed by atoms with van der Waals surface area (Å²) in [5, 5.41) is 3.01. The Morgan fingerprint density at radius 1 is 1.17 bits per heavy atom. The highest BCUT2D eigenvalue weighted by Crippen LogP contribution is 2.16. The van der Waals surface area contributed by atoms with Crippen molar-refractivity contribution in [2.75, 3.05) is 0 Å². The number of nitrogens with one attached hydrogen (secondary N) is 1. The van der Waals surface area contributed by atoms with Crippen molar-refractivity contribution in [3.63, 3.8) is 0 Å². The highest BCUT2D eigenvalue weighted by molar-refractivity contribution is 5.81. The molecule has 1 amide bonds. The molecule has 1 N–H and O–H groups in total. The molecular formula is C10H21NO. The van der Waals surface area contributed by atoms with Crippen molar-refractivity contribution in [2.45, 2.75) is 53.5 Å². The van der Waals surface area contributed by atoms with Gasteiger partial charge in [0.15, 0.2) is 0 Å². The number of rotatable bonds is 2. The van der Waals surface area contributed by atoms with Crippen molar-refractivity contribution in [3.05, 3.63) is 0 Å². The zero-order valence-electron chi connectivity index (χ0n) is 9.12. The lowest BCUT2D eigenvalue weighted by Crippen LogP contribution is -2.47. The van der Waals surface area contributed by atoms with Gasteiger partial charge in [-0.1, -0.05) is 27.7 Å². The molecule has 0 aromatic carbocycles. The molecule has 0 radical (unpaired) electrons. The van der Waals surface area contributed by atoms with E-state index in [0.717, 1.165) is 6.42 Å². The van der Waals surface area contributed by atoms with Crippen LogP contribution in [-0.4, -0.2) is 11.4 Å². The van der Waals surface area contributed by atoms with Crippen LogP contribution in [0.4, 0.5) is 0 Å². The lowest BCUT2D eigenvalue weighted by molar-refractivity contribution is -0.130. The summed E-state index contributed by atoms with van der Waals surface area (Å²) in [6, 6.07) is 0. The maximum Gasteiger partial charge on any atom is 0.225 e. The highest BCUT2D eigenvalue weighted by atomic mass is 16.2. The molecule has 2 heteroatoms. The predicted molar refractivity (Wildman–Crippen MR) is 52.0 cm³/mol. The fourth-order valence-corrected chi connectivity index (χ4v) is 0.583. The highest BCUT2D eigenvalue weighted by Gasteiger charge is 2.26. The van der Waals surface area contributed by atoms with Crippen molar-refractivity contribution in [3.8, 4) is 0 Å². The third kappa shape index (κ3) is 3.74. The summed E-state index contributed by atoms with van der Waals surface area (Å²) in [6.07, 6.45) is 0.953. The summed E-state index contributed by atoms with van der Waals surface area (Å²) in [5.41, 5.74) is -0.364. The third-order valence-corrected chi connectivity index (χ3v) is 2.02. The summed E-state index contributed by atoms with van der Waals surface area (Å²) in [5.74, 6) is 0.120. The van der Waals surface area contributed by atoms with Gasteiger partial charge in [-0.2, -0.15) is 0 Å². The van der Waals surface area contributed by atoms with Crippen LogP contribution in [0.5, 0.6) is 0 Å². The van der Waals surface area contributed by atoms with Crippen molar-refractivity contribution >= 4 is 5.91 Å². The molecular weight excluding hydrogens is 150 g/mol. The van der Waals surface area contributed by atoms with Crippen molar-refractivity contribution in [1.29, 1.82) is 0 Å². The molecule has 0 aromatic heterocycles. The van der Waals surface area contributed by atoms with Gasteiger partial charge in [-0.25, -0.2) is 0 Å². The van der Waals surface area contributed by atoms with Gasteiger partial charge in [0.25, 0.3) is 0 Å². The second-order valence-electron chi connectivity index (χ2n) is 4.94. The molecule has 72 valence electrons. The molecule has 0 spiro atoms. The van der Waals surface area contributed by atoms with E-state index >= 15 is 0 Å². The van der Waals surface area contributed by atoms with Gasteiger partial charge in [0, 0.05) is 11.0 Å². The fraction of sp³-hybridized carbons (Fsp3) is 0.900. The quantitative estimate of drug-likeness (QED) is 0.679. The Morgan fingerprint density at radius 3 is 1.83 bits per heavy atom. The molecule has 0 rings (SSSR count). The van der Waals surface area contributed by atoms with Crippen molar-refractivity contribution < 1.29 is 4.79 Å². The van der Waals surface area contributed by atoms with Gasteiger partial charge in [-0.15, -0.1) is 0 Å². The Kier molecular flexibility index (Phi) is 3.31. The van der Waals surface area contributed by atoms with Crippen LogP contribution in [-0.2, 0) is 4.79 Å². The summed E-state index contributed by atoms with van der Waals surface area (Å²) in [7, 11) is 0. The van der Waals surface area contributed by atoms with Crippen LogP contribution < -0.4 is 5.32 Å².